The molecule has 0 saturated heterocycles. The third-order valence-electron chi connectivity index (χ3n) is 5.26. The van der Waals surface area contributed by atoms with Crippen LogP contribution in [0.5, 0.6) is 0 Å². The molecule has 2 atom stereocenters. The Labute approximate surface area is 123 Å². The first-order valence-corrected chi connectivity index (χ1v) is 7.48. The van der Waals surface area contributed by atoms with Crippen LogP contribution in [-0.2, 0) is 14.4 Å². The lowest BCUT2D eigenvalue weighted by molar-refractivity contribution is -0.761. The highest BCUT2D eigenvalue weighted by molar-refractivity contribution is 5.87. The van der Waals surface area contributed by atoms with Crippen LogP contribution in [-0.4, -0.2) is 23.3 Å². The minimum atomic E-state index is -0.717. The molecular weight excluding hydrogens is 274 g/mol. The molecule has 6 heteroatoms. The number of hydrogen-bond acceptors (Lipinski definition) is 5. The van der Waals surface area contributed by atoms with Gasteiger partial charge in [-0.1, -0.05) is 6.58 Å². The molecular formula is C15H21NO5. The molecule has 4 aliphatic rings. The maximum Gasteiger partial charge on any atom is 0.333 e. The highest BCUT2D eigenvalue weighted by Gasteiger charge is 2.59. The van der Waals surface area contributed by atoms with Gasteiger partial charge in [0.1, 0.15) is 12.2 Å². The van der Waals surface area contributed by atoms with E-state index in [4.69, 9.17) is 4.74 Å². The zero-order valence-corrected chi connectivity index (χ0v) is 12.3. The third kappa shape index (κ3) is 2.63. The molecule has 0 spiro atoms. The van der Waals surface area contributed by atoms with Crippen LogP contribution in [0.25, 0.3) is 0 Å². The van der Waals surface area contributed by atoms with E-state index in [9.17, 15) is 14.9 Å². The third-order valence-corrected chi connectivity index (χ3v) is 5.26. The lowest BCUT2D eigenvalue weighted by Gasteiger charge is -2.60. The maximum atomic E-state index is 11.9. The van der Waals surface area contributed by atoms with Crippen molar-refractivity contribution < 1.29 is 19.5 Å². The Morgan fingerprint density at radius 1 is 1.33 bits per heavy atom. The second kappa shape index (κ2) is 4.71. The van der Waals surface area contributed by atoms with Crippen molar-refractivity contribution in [2.24, 2.45) is 17.3 Å². The normalized spacial score (nSPS) is 39.9. The first-order valence-electron chi connectivity index (χ1n) is 7.48. The summed E-state index contributed by atoms with van der Waals surface area (Å²) < 4.78 is 5.78. The van der Waals surface area contributed by atoms with Crippen LogP contribution in [0.2, 0.25) is 0 Å². The standard InChI is InChI=1S/C15H21NO5/c1-10(2)13(17)21-15-6-11-3-12(7-15)5-14(4-11,8-15)9-20-16(18)19/h11-12H,1,3-9H2,2H3. The topological polar surface area (TPSA) is 78.7 Å². The number of rotatable bonds is 5. The summed E-state index contributed by atoms with van der Waals surface area (Å²) in [5.74, 6) is 0.626. The average molecular weight is 295 g/mol. The fourth-order valence-corrected chi connectivity index (χ4v) is 5.13. The molecule has 0 aromatic rings. The number of carbonyl (C=O) groups is 1. The number of esters is 1. The monoisotopic (exact) mass is 295 g/mol. The van der Waals surface area contributed by atoms with Gasteiger partial charge in [0, 0.05) is 5.57 Å². The zero-order valence-electron chi connectivity index (χ0n) is 12.3. The summed E-state index contributed by atoms with van der Waals surface area (Å²) in [5.41, 5.74) is -0.256. The van der Waals surface area contributed by atoms with Gasteiger partial charge in [-0.25, -0.2) is 4.79 Å². The average Bonchev–Trinajstić information content (AvgIpc) is 2.34. The maximum absolute atomic E-state index is 11.9. The van der Waals surface area contributed by atoms with E-state index in [2.05, 4.69) is 11.4 Å². The summed E-state index contributed by atoms with van der Waals surface area (Å²) in [6.45, 7) is 5.41. The number of ether oxygens (including phenoxy) is 1. The van der Waals surface area contributed by atoms with Crippen LogP contribution in [0.1, 0.15) is 45.4 Å². The molecule has 0 aliphatic heterocycles. The van der Waals surface area contributed by atoms with Crippen LogP contribution >= 0.6 is 0 Å². The lowest BCUT2D eigenvalue weighted by atomic mass is 9.48. The molecule has 0 N–H and O–H groups in total. The lowest BCUT2D eigenvalue weighted by Crippen LogP contribution is -2.58. The van der Waals surface area contributed by atoms with Gasteiger partial charge in [0.2, 0.25) is 0 Å². The second-order valence-electron chi connectivity index (χ2n) is 7.31. The predicted molar refractivity (Wildman–Crippen MR) is 73.7 cm³/mol. The molecule has 116 valence electrons. The van der Waals surface area contributed by atoms with Crippen LogP contribution in [0.15, 0.2) is 12.2 Å². The Morgan fingerprint density at radius 2 is 1.95 bits per heavy atom. The molecule has 4 fully saturated rings. The summed E-state index contributed by atoms with van der Waals surface area (Å²) in [6, 6.07) is 0. The number of carbonyl (C=O) groups excluding carboxylic acids is 1. The van der Waals surface area contributed by atoms with Crippen LogP contribution in [0, 0.1) is 27.4 Å². The Balaban J connectivity index is 1.79. The van der Waals surface area contributed by atoms with Gasteiger partial charge in [0.25, 0.3) is 5.09 Å². The van der Waals surface area contributed by atoms with Crippen molar-refractivity contribution in [3.05, 3.63) is 22.3 Å². The SMILES string of the molecule is C=C(C)C(=O)OC12CC3CC(CC(CO[N+](=O)[O-])(C3)C1)C2. The quantitative estimate of drug-likeness (QED) is 0.337. The Hall–Kier alpha value is -1.59. The van der Waals surface area contributed by atoms with E-state index in [0.717, 1.165) is 32.1 Å². The van der Waals surface area contributed by atoms with Crippen molar-refractivity contribution in [2.75, 3.05) is 6.61 Å². The minimum absolute atomic E-state index is 0.124. The van der Waals surface area contributed by atoms with E-state index in [1.54, 1.807) is 6.92 Å². The van der Waals surface area contributed by atoms with E-state index >= 15 is 0 Å². The molecule has 4 saturated carbocycles. The van der Waals surface area contributed by atoms with E-state index in [-0.39, 0.29) is 18.0 Å². The van der Waals surface area contributed by atoms with E-state index in [0.29, 0.717) is 23.8 Å². The van der Waals surface area contributed by atoms with Gasteiger partial charge in [-0.3, -0.25) is 0 Å². The van der Waals surface area contributed by atoms with E-state index in [1.807, 2.05) is 0 Å². The fraction of sp³-hybridized carbons (Fsp3) is 0.800. The first-order chi connectivity index (χ1) is 9.81. The largest absolute Gasteiger partial charge is 0.456 e. The second-order valence-corrected chi connectivity index (χ2v) is 7.31. The molecule has 0 heterocycles. The van der Waals surface area contributed by atoms with Gasteiger partial charge in [-0.2, -0.15) is 0 Å². The van der Waals surface area contributed by atoms with Gasteiger partial charge >= 0.3 is 5.97 Å². The smallest absolute Gasteiger partial charge is 0.333 e. The van der Waals surface area contributed by atoms with Gasteiger partial charge < -0.3 is 9.57 Å². The van der Waals surface area contributed by atoms with Crippen molar-refractivity contribution in [3.8, 4) is 0 Å². The summed E-state index contributed by atoms with van der Waals surface area (Å²) in [6.07, 6.45) is 5.48. The molecule has 4 aliphatic carbocycles. The number of nitrogens with zero attached hydrogens (tertiary/aromatic N) is 1. The van der Waals surface area contributed by atoms with E-state index in [1.165, 1.54) is 0 Å². The van der Waals surface area contributed by atoms with Crippen LogP contribution in [0.4, 0.5) is 0 Å². The first kappa shape index (κ1) is 14.4. The van der Waals surface area contributed by atoms with Gasteiger partial charge in [0.05, 0.1) is 0 Å². The molecule has 0 aromatic carbocycles. The van der Waals surface area contributed by atoms with E-state index < -0.39 is 10.7 Å². The zero-order chi connectivity index (χ0) is 15.3. The van der Waals surface area contributed by atoms with Crippen LogP contribution in [0.3, 0.4) is 0 Å². The molecule has 0 amide bonds. The Morgan fingerprint density at radius 3 is 2.48 bits per heavy atom. The van der Waals surface area contributed by atoms with Crippen LogP contribution < -0.4 is 0 Å². The summed E-state index contributed by atoms with van der Waals surface area (Å²) in [7, 11) is 0. The molecule has 0 aromatic heterocycles. The van der Waals surface area contributed by atoms with Crippen molar-refractivity contribution in [1.82, 2.24) is 0 Å². The molecule has 0 radical (unpaired) electrons. The summed E-state index contributed by atoms with van der Waals surface area (Å²) in [5, 5.41) is 9.81. The Bertz CT molecular complexity index is 486. The predicted octanol–water partition coefficient (Wildman–Crippen LogP) is 2.65. The summed E-state index contributed by atoms with van der Waals surface area (Å²) >= 11 is 0. The minimum Gasteiger partial charge on any atom is -0.456 e. The van der Waals surface area contributed by atoms with Gasteiger partial charge in [-0.05, 0) is 62.7 Å². The molecule has 2 unspecified atom stereocenters. The molecule has 6 nitrogen and oxygen atoms in total. The highest BCUT2D eigenvalue weighted by Crippen LogP contribution is 2.62. The van der Waals surface area contributed by atoms with Crippen molar-refractivity contribution in [2.45, 2.75) is 51.0 Å². The molecule has 4 rings (SSSR count). The Kier molecular flexibility index (Phi) is 3.22. The van der Waals surface area contributed by atoms with Crippen molar-refractivity contribution in [3.63, 3.8) is 0 Å². The van der Waals surface area contributed by atoms with Crippen molar-refractivity contribution >= 4 is 5.97 Å². The van der Waals surface area contributed by atoms with Gasteiger partial charge in [-0.15, -0.1) is 10.1 Å². The number of hydrogen-bond donors (Lipinski definition) is 0. The molecule has 21 heavy (non-hydrogen) atoms. The summed E-state index contributed by atoms with van der Waals surface area (Å²) in [4.78, 5) is 27.2. The molecule has 4 bridgehead atoms. The van der Waals surface area contributed by atoms with Gasteiger partial charge in [0.15, 0.2) is 0 Å². The fourth-order valence-electron chi connectivity index (χ4n) is 5.13. The highest BCUT2D eigenvalue weighted by atomic mass is 16.9. The van der Waals surface area contributed by atoms with Crippen molar-refractivity contribution in [1.29, 1.82) is 0 Å².